The summed E-state index contributed by atoms with van der Waals surface area (Å²) in [6.07, 6.45) is 2.66. The summed E-state index contributed by atoms with van der Waals surface area (Å²) in [6.45, 7) is 5.83. The van der Waals surface area contributed by atoms with Crippen molar-refractivity contribution < 1.29 is 13.2 Å². The number of rotatable bonds is 6. The molecule has 6 nitrogen and oxygen atoms in total. The molecule has 0 aliphatic heterocycles. The van der Waals surface area contributed by atoms with E-state index in [1.54, 1.807) is 20.8 Å². The van der Waals surface area contributed by atoms with Crippen LogP contribution in [0.5, 0.6) is 0 Å². The molecule has 0 saturated carbocycles. The molecule has 1 aromatic heterocycles. The Morgan fingerprint density at radius 1 is 1.04 bits per heavy atom. The zero-order valence-electron chi connectivity index (χ0n) is 16.2. The largest absolute Gasteiger partial charge is 0.361 e. The molecule has 3 N–H and O–H groups in total. The molecule has 1 heterocycles. The summed E-state index contributed by atoms with van der Waals surface area (Å²) in [5, 5.41) is 4.03. The Hall–Kier alpha value is -2.64. The van der Waals surface area contributed by atoms with Crippen LogP contribution in [0.3, 0.4) is 0 Å². The van der Waals surface area contributed by atoms with Crippen LogP contribution in [-0.4, -0.2) is 31.4 Å². The van der Waals surface area contributed by atoms with Gasteiger partial charge in [-0.05, 0) is 63.1 Å². The Morgan fingerprint density at radius 3 is 2.39 bits per heavy atom. The third-order valence-corrected chi connectivity index (χ3v) is 6.00. The number of hydrogen-bond acceptors (Lipinski definition) is 3. The highest BCUT2D eigenvalue weighted by molar-refractivity contribution is 7.89. The summed E-state index contributed by atoms with van der Waals surface area (Å²) in [5.41, 5.74) is 2.07. The number of nitrogens with one attached hydrogen (secondary N) is 3. The highest BCUT2D eigenvalue weighted by Crippen LogP contribution is 2.18. The van der Waals surface area contributed by atoms with E-state index < -0.39 is 15.6 Å². The van der Waals surface area contributed by atoms with Crippen LogP contribution in [0.25, 0.3) is 10.9 Å². The molecule has 2 aromatic carbocycles. The summed E-state index contributed by atoms with van der Waals surface area (Å²) in [4.78, 5) is 15.7. The van der Waals surface area contributed by atoms with Gasteiger partial charge in [0.25, 0.3) is 5.91 Å². The van der Waals surface area contributed by atoms with Crippen molar-refractivity contribution in [1.29, 1.82) is 0 Å². The Morgan fingerprint density at radius 2 is 1.71 bits per heavy atom. The van der Waals surface area contributed by atoms with Gasteiger partial charge in [-0.15, -0.1) is 0 Å². The maximum atomic E-state index is 12.3. The van der Waals surface area contributed by atoms with Gasteiger partial charge in [0, 0.05) is 34.7 Å². The first-order valence-corrected chi connectivity index (χ1v) is 10.6. The third kappa shape index (κ3) is 4.79. The van der Waals surface area contributed by atoms with Crippen LogP contribution in [0.1, 0.15) is 36.7 Å². The number of aromatic amines is 1. The number of H-pyrrole nitrogens is 1. The minimum atomic E-state index is -3.61. The van der Waals surface area contributed by atoms with Gasteiger partial charge in [-0.25, -0.2) is 13.1 Å². The van der Waals surface area contributed by atoms with Crippen LogP contribution in [0, 0.1) is 0 Å². The number of para-hydroxylation sites is 1. The summed E-state index contributed by atoms with van der Waals surface area (Å²) >= 11 is 0. The van der Waals surface area contributed by atoms with Crippen molar-refractivity contribution in [3.05, 3.63) is 65.9 Å². The second-order valence-corrected chi connectivity index (χ2v) is 9.43. The number of carbonyl (C=O) groups excluding carboxylic acids is 1. The van der Waals surface area contributed by atoms with Crippen molar-refractivity contribution >= 4 is 26.8 Å². The van der Waals surface area contributed by atoms with E-state index >= 15 is 0 Å². The first-order valence-electron chi connectivity index (χ1n) is 9.13. The highest BCUT2D eigenvalue weighted by Gasteiger charge is 2.22. The molecule has 28 heavy (non-hydrogen) atoms. The Balaban J connectivity index is 1.60. The van der Waals surface area contributed by atoms with Gasteiger partial charge in [0.2, 0.25) is 10.0 Å². The van der Waals surface area contributed by atoms with Gasteiger partial charge in [0.1, 0.15) is 0 Å². The molecule has 3 rings (SSSR count). The molecule has 0 saturated heterocycles. The Kier molecular flexibility index (Phi) is 5.58. The molecule has 0 bridgehead atoms. The number of fused-ring (bicyclic) bond motifs is 1. The zero-order valence-corrected chi connectivity index (χ0v) is 17.1. The van der Waals surface area contributed by atoms with Crippen LogP contribution in [0.4, 0.5) is 0 Å². The van der Waals surface area contributed by atoms with Gasteiger partial charge in [-0.3, -0.25) is 4.79 Å². The molecular weight excluding hydrogens is 374 g/mol. The molecular formula is C21H25N3O3S. The highest BCUT2D eigenvalue weighted by atomic mass is 32.2. The van der Waals surface area contributed by atoms with E-state index in [-0.39, 0.29) is 10.8 Å². The first kappa shape index (κ1) is 20.1. The lowest BCUT2D eigenvalue weighted by molar-refractivity contribution is 0.0954. The molecule has 148 valence electrons. The molecule has 0 aliphatic rings. The number of amides is 1. The quantitative estimate of drug-likeness (QED) is 0.594. The molecule has 3 aromatic rings. The average molecular weight is 400 g/mol. The van der Waals surface area contributed by atoms with E-state index in [4.69, 9.17) is 0 Å². The lowest BCUT2D eigenvalue weighted by Crippen LogP contribution is -2.40. The maximum Gasteiger partial charge on any atom is 0.251 e. The lowest BCUT2D eigenvalue weighted by Gasteiger charge is -2.20. The van der Waals surface area contributed by atoms with E-state index in [2.05, 4.69) is 15.0 Å². The van der Waals surface area contributed by atoms with E-state index in [1.807, 2.05) is 30.5 Å². The van der Waals surface area contributed by atoms with E-state index in [0.29, 0.717) is 18.5 Å². The monoisotopic (exact) mass is 399 g/mol. The van der Waals surface area contributed by atoms with Gasteiger partial charge in [-0.2, -0.15) is 0 Å². The second-order valence-electron chi connectivity index (χ2n) is 7.75. The molecule has 0 spiro atoms. The molecule has 0 unspecified atom stereocenters. The van der Waals surface area contributed by atoms with Gasteiger partial charge in [-0.1, -0.05) is 18.2 Å². The second kappa shape index (κ2) is 7.77. The van der Waals surface area contributed by atoms with Crippen LogP contribution >= 0.6 is 0 Å². The maximum absolute atomic E-state index is 12.3. The fourth-order valence-corrected chi connectivity index (χ4v) is 4.42. The third-order valence-electron chi connectivity index (χ3n) is 4.22. The van der Waals surface area contributed by atoms with Crippen molar-refractivity contribution in [3.63, 3.8) is 0 Å². The fraction of sp³-hybridized carbons (Fsp3) is 0.286. The predicted octanol–water partition coefficient (Wildman–Crippen LogP) is 3.22. The van der Waals surface area contributed by atoms with Crippen molar-refractivity contribution in [1.82, 2.24) is 15.0 Å². The number of hydrogen-bond donors (Lipinski definition) is 3. The predicted molar refractivity (Wildman–Crippen MR) is 111 cm³/mol. The normalized spacial score (nSPS) is 12.2. The van der Waals surface area contributed by atoms with Crippen LogP contribution in [-0.2, 0) is 16.4 Å². The number of benzene rings is 2. The van der Waals surface area contributed by atoms with E-state index in [9.17, 15) is 13.2 Å². The van der Waals surface area contributed by atoms with E-state index in [1.165, 1.54) is 24.3 Å². The molecule has 0 aliphatic carbocycles. The van der Waals surface area contributed by atoms with Crippen molar-refractivity contribution in [2.75, 3.05) is 6.54 Å². The smallest absolute Gasteiger partial charge is 0.251 e. The fourth-order valence-electron chi connectivity index (χ4n) is 3.00. The molecule has 0 fully saturated rings. The van der Waals surface area contributed by atoms with Crippen molar-refractivity contribution in [2.45, 2.75) is 37.6 Å². The summed E-state index contributed by atoms with van der Waals surface area (Å²) in [5.74, 6) is -0.229. The zero-order chi connectivity index (χ0) is 20.4. The summed E-state index contributed by atoms with van der Waals surface area (Å²) in [7, 11) is -3.61. The number of sulfonamides is 1. The van der Waals surface area contributed by atoms with Crippen LogP contribution < -0.4 is 10.0 Å². The summed E-state index contributed by atoms with van der Waals surface area (Å²) < 4.78 is 27.2. The molecule has 0 atom stereocenters. The SMILES string of the molecule is CC(C)(C)NS(=O)(=O)c1ccc(C(=O)NCCc2c[nH]c3ccccc23)cc1. The van der Waals surface area contributed by atoms with Crippen LogP contribution in [0.15, 0.2) is 59.6 Å². The number of aromatic nitrogens is 1. The minimum Gasteiger partial charge on any atom is -0.361 e. The topological polar surface area (TPSA) is 91.1 Å². The molecule has 0 radical (unpaired) electrons. The van der Waals surface area contributed by atoms with Gasteiger partial charge < -0.3 is 10.3 Å². The van der Waals surface area contributed by atoms with Gasteiger partial charge >= 0.3 is 0 Å². The standard InChI is InChI=1S/C21H25N3O3S/c1-21(2,3)24-28(26,27)17-10-8-15(9-11-17)20(25)22-13-12-16-14-23-19-7-5-4-6-18(16)19/h4-11,14,23-24H,12-13H2,1-3H3,(H,22,25). The van der Waals surface area contributed by atoms with Crippen molar-refractivity contribution in [3.8, 4) is 0 Å². The van der Waals surface area contributed by atoms with Crippen molar-refractivity contribution in [2.24, 2.45) is 0 Å². The van der Waals surface area contributed by atoms with Crippen LogP contribution in [0.2, 0.25) is 0 Å². The van der Waals surface area contributed by atoms with Gasteiger partial charge in [0.15, 0.2) is 0 Å². The average Bonchev–Trinajstić information content (AvgIpc) is 3.03. The minimum absolute atomic E-state index is 0.137. The van der Waals surface area contributed by atoms with E-state index in [0.717, 1.165) is 16.5 Å². The molecule has 7 heteroatoms. The molecule has 1 amide bonds. The Labute approximate surface area is 165 Å². The number of carbonyl (C=O) groups is 1. The Bertz CT molecular complexity index is 1080. The first-order chi connectivity index (χ1) is 13.2. The van der Waals surface area contributed by atoms with Gasteiger partial charge in [0.05, 0.1) is 4.90 Å². The lowest BCUT2D eigenvalue weighted by atomic mass is 10.1. The summed E-state index contributed by atoms with van der Waals surface area (Å²) in [6, 6.07) is 14.0.